The number of aromatic nitrogens is 1. The number of alkyl halides is 3. The minimum atomic E-state index is -4.98. The van der Waals surface area contributed by atoms with Crippen LogP contribution in [0.15, 0.2) is 30.3 Å². The Morgan fingerprint density at radius 3 is 2.48 bits per heavy atom. The Bertz CT molecular complexity index is 853. The molecule has 1 aliphatic heterocycles. The molecule has 3 rings (SSSR count). The van der Waals surface area contributed by atoms with E-state index < -0.39 is 35.4 Å². The second-order valence-corrected chi connectivity index (χ2v) is 6.83. The first kappa shape index (κ1) is 19.5. The van der Waals surface area contributed by atoms with Gasteiger partial charge in [-0.3, -0.25) is 0 Å². The van der Waals surface area contributed by atoms with Gasteiger partial charge in [-0.15, -0.1) is 0 Å². The Balaban J connectivity index is 2.28. The molecule has 0 fully saturated rings. The van der Waals surface area contributed by atoms with Crippen LogP contribution in [-0.2, 0) is 11.1 Å². The number of likely N-dealkylation sites (N-methyl/N-ethyl adjacent to an activating group) is 1. The molecule has 1 aromatic heterocycles. The van der Waals surface area contributed by atoms with Crippen molar-refractivity contribution in [3.05, 3.63) is 47.4 Å². The van der Waals surface area contributed by atoms with Crippen molar-refractivity contribution in [2.24, 2.45) is 5.73 Å². The lowest BCUT2D eigenvalue weighted by Gasteiger charge is -2.31. The number of hydrogen-bond donors (Lipinski definition) is 3. The zero-order valence-electron chi connectivity index (χ0n) is 14.7. The summed E-state index contributed by atoms with van der Waals surface area (Å²) in [4.78, 5) is 4.05. The molecule has 4 N–H and O–H groups in total. The van der Waals surface area contributed by atoms with Crippen LogP contribution in [0.2, 0.25) is 0 Å². The number of nitrogens with zero attached hydrogens (tertiary/aromatic N) is 1. The minimum absolute atomic E-state index is 0.0398. The number of fused-ring (bicyclic) bond motifs is 1. The molecule has 2 unspecified atom stereocenters. The third-order valence-electron chi connectivity index (χ3n) is 4.55. The van der Waals surface area contributed by atoms with E-state index in [0.717, 1.165) is 18.2 Å². The lowest BCUT2D eigenvalue weighted by Crippen LogP contribution is -2.50. The Kier molecular flexibility index (Phi) is 4.65. The van der Waals surface area contributed by atoms with Crippen molar-refractivity contribution < 1.29 is 27.4 Å². The average molecular weight is 385 g/mol. The summed E-state index contributed by atoms with van der Waals surface area (Å²) in [7, 11) is 1.29. The first-order valence-corrected chi connectivity index (χ1v) is 8.17. The van der Waals surface area contributed by atoms with Gasteiger partial charge in [0.25, 0.3) is 0 Å². The molecule has 0 aliphatic carbocycles. The van der Waals surface area contributed by atoms with E-state index in [1.165, 1.54) is 19.2 Å². The van der Waals surface area contributed by atoms with Crippen molar-refractivity contribution in [3.8, 4) is 17.0 Å². The third-order valence-corrected chi connectivity index (χ3v) is 4.55. The first-order chi connectivity index (χ1) is 12.5. The molecule has 2 heterocycles. The van der Waals surface area contributed by atoms with E-state index in [1.807, 2.05) is 0 Å². The van der Waals surface area contributed by atoms with Gasteiger partial charge in [-0.25, -0.2) is 9.37 Å². The molecule has 0 bridgehead atoms. The predicted octanol–water partition coefficient (Wildman–Crippen LogP) is 2.42. The Morgan fingerprint density at radius 1 is 1.30 bits per heavy atom. The van der Waals surface area contributed by atoms with Gasteiger partial charge in [0.15, 0.2) is 5.75 Å². The van der Waals surface area contributed by atoms with Crippen molar-refractivity contribution in [1.82, 2.24) is 10.3 Å². The highest BCUT2D eigenvalue weighted by Crippen LogP contribution is 2.46. The molecular weight excluding hydrogens is 366 g/mol. The Labute approximate surface area is 153 Å². The predicted molar refractivity (Wildman–Crippen MR) is 90.5 cm³/mol. The molecule has 1 aliphatic rings. The quantitative estimate of drug-likeness (QED) is 0.705. The standard InChI is InChI=1S/C18H19F4N3O2/c1-16(23)9-27-15-12(16)7-13(17(26,8-24-2)18(20,21)22)25-14(15)10-3-5-11(19)6-4-10/h3-7,24,26H,8-9,23H2,1-2H3. The average Bonchev–Trinajstić information content (AvgIpc) is 2.89. The summed E-state index contributed by atoms with van der Waals surface area (Å²) < 4.78 is 59.8. The molecule has 0 spiro atoms. The molecule has 146 valence electrons. The molecule has 2 aromatic rings. The normalized spacial score (nSPS) is 21.5. The first-order valence-electron chi connectivity index (χ1n) is 8.17. The summed E-state index contributed by atoms with van der Waals surface area (Å²) in [6.07, 6.45) is -4.98. The molecule has 2 atom stereocenters. The number of hydrogen-bond acceptors (Lipinski definition) is 5. The van der Waals surface area contributed by atoms with Gasteiger partial charge in [-0.2, -0.15) is 13.2 Å². The van der Waals surface area contributed by atoms with Crippen LogP contribution in [0.25, 0.3) is 11.3 Å². The fraction of sp³-hybridized carbons (Fsp3) is 0.389. The largest absolute Gasteiger partial charge is 0.489 e. The van der Waals surface area contributed by atoms with Crippen LogP contribution in [0.5, 0.6) is 5.75 Å². The van der Waals surface area contributed by atoms with Gasteiger partial charge >= 0.3 is 6.18 Å². The van der Waals surface area contributed by atoms with Crippen LogP contribution in [0.1, 0.15) is 18.2 Å². The summed E-state index contributed by atoms with van der Waals surface area (Å²) in [5.41, 5.74) is 1.97. The van der Waals surface area contributed by atoms with Crippen LogP contribution < -0.4 is 15.8 Å². The number of rotatable bonds is 4. The highest BCUT2D eigenvalue weighted by atomic mass is 19.4. The maximum absolute atomic E-state index is 13.7. The molecular formula is C18H19F4N3O2. The van der Waals surface area contributed by atoms with Gasteiger partial charge in [0.05, 0.1) is 11.2 Å². The van der Waals surface area contributed by atoms with Gasteiger partial charge in [0.1, 0.15) is 18.1 Å². The summed E-state index contributed by atoms with van der Waals surface area (Å²) in [6, 6.07) is 6.20. The lowest BCUT2D eigenvalue weighted by atomic mass is 9.89. The Hall–Kier alpha value is -2.23. The number of benzene rings is 1. The molecule has 27 heavy (non-hydrogen) atoms. The smallest absolute Gasteiger partial charge is 0.424 e. The van der Waals surface area contributed by atoms with Gasteiger partial charge < -0.3 is 20.9 Å². The zero-order valence-corrected chi connectivity index (χ0v) is 14.7. The van der Waals surface area contributed by atoms with E-state index in [1.54, 1.807) is 6.92 Å². The minimum Gasteiger partial charge on any atom is -0.489 e. The number of pyridine rings is 1. The van der Waals surface area contributed by atoms with Crippen molar-refractivity contribution in [2.45, 2.75) is 24.2 Å². The van der Waals surface area contributed by atoms with Crippen LogP contribution in [0.4, 0.5) is 17.6 Å². The van der Waals surface area contributed by atoms with Crippen LogP contribution >= 0.6 is 0 Å². The van der Waals surface area contributed by atoms with E-state index in [-0.39, 0.29) is 18.1 Å². The van der Waals surface area contributed by atoms with Crippen LogP contribution in [0, 0.1) is 5.82 Å². The second kappa shape index (κ2) is 6.43. The summed E-state index contributed by atoms with van der Waals surface area (Å²) in [6.45, 7) is 0.854. The SMILES string of the molecule is CNCC(O)(c1cc2c(c(-c3ccc(F)cc3)n1)OCC2(C)N)C(F)(F)F. The number of ether oxygens (including phenoxy) is 1. The molecule has 0 saturated carbocycles. The van der Waals surface area contributed by atoms with Crippen molar-refractivity contribution in [3.63, 3.8) is 0 Å². The molecule has 5 nitrogen and oxygen atoms in total. The van der Waals surface area contributed by atoms with Crippen molar-refractivity contribution in [2.75, 3.05) is 20.2 Å². The second-order valence-electron chi connectivity index (χ2n) is 6.83. The maximum Gasteiger partial charge on any atom is 0.424 e. The van der Waals surface area contributed by atoms with Gasteiger partial charge in [-0.05, 0) is 44.3 Å². The van der Waals surface area contributed by atoms with Crippen LogP contribution in [-0.4, -0.2) is 36.5 Å². The highest BCUT2D eigenvalue weighted by Gasteiger charge is 2.56. The molecule has 1 aromatic carbocycles. The van der Waals surface area contributed by atoms with Gasteiger partial charge in [0, 0.05) is 17.7 Å². The Morgan fingerprint density at radius 2 is 1.93 bits per heavy atom. The maximum atomic E-state index is 13.7. The fourth-order valence-electron chi connectivity index (χ4n) is 3.01. The number of halogens is 4. The molecule has 0 saturated heterocycles. The van der Waals surface area contributed by atoms with Crippen molar-refractivity contribution >= 4 is 0 Å². The third kappa shape index (κ3) is 3.26. The molecule has 9 heteroatoms. The summed E-state index contributed by atoms with van der Waals surface area (Å²) in [5, 5.41) is 12.8. The van der Waals surface area contributed by atoms with E-state index in [2.05, 4.69) is 10.3 Å². The van der Waals surface area contributed by atoms with Crippen LogP contribution in [0.3, 0.4) is 0 Å². The van der Waals surface area contributed by atoms with Crippen molar-refractivity contribution in [1.29, 1.82) is 0 Å². The fourth-order valence-corrected chi connectivity index (χ4v) is 3.01. The van der Waals surface area contributed by atoms with E-state index in [4.69, 9.17) is 10.5 Å². The highest BCUT2D eigenvalue weighted by molar-refractivity contribution is 5.70. The lowest BCUT2D eigenvalue weighted by molar-refractivity contribution is -0.265. The zero-order chi connectivity index (χ0) is 20.0. The van der Waals surface area contributed by atoms with Gasteiger partial charge in [-0.1, -0.05) is 0 Å². The topological polar surface area (TPSA) is 80.4 Å². The molecule has 0 amide bonds. The van der Waals surface area contributed by atoms with E-state index in [0.29, 0.717) is 11.1 Å². The summed E-state index contributed by atoms with van der Waals surface area (Å²) in [5.74, 6) is -0.276. The monoisotopic (exact) mass is 385 g/mol. The van der Waals surface area contributed by atoms with Gasteiger partial charge in [0.2, 0.25) is 5.60 Å². The number of nitrogens with two attached hydrogens (primary N) is 1. The van der Waals surface area contributed by atoms with E-state index in [9.17, 15) is 22.7 Å². The van der Waals surface area contributed by atoms with E-state index >= 15 is 0 Å². The molecule has 0 radical (unpaired) electrons. The summed E-state index contributed by atoms with van der Waals surface area (Å²) >= 11 is 0. The number of nitrogens with one attached hydrogen (secondary N) is 1. The number of aliphatic hydroxyl groups is 1.